The predicted octanol–water partition coefficient (Wildman–Crippen LogP) is 1.10. The monoisotopic (exact) mass is 241 g/mol. The van der Waals surface area contributed by atoms with E-state index in [2.05, 4.69) is 17.1 Å². The van der Waals surface area contributed by atoms with Crippen LogP contribution in [0.25, 0.3) is 0 Å². The third-order valence-electron chi connectivity index (χ3n) is 4.12. The van der Waals surface area contributed by atoms with Gasteiger partial charge in [-0.25, -0.2) is 0 Å². The summed E-state index contributed by atoms with van der Waals surface area (Å²) in [5.74, 6) is 0.113. The molecule has 3 N–H and O–H groups in total. The van der Waals surface area contributed by atoms with Crippen molar-refractivity contribution in [1.29, 1.82) is 0 Å². The summed E-state index contributed by atoms with van der Waals surface area (Å²) in [7, 11) is 2.02. The fourth-order valence-corrected chi connectivity index (χ4v) is 2.58. The van der Waals surface area contributed by atoms with E-state index in [0.29, 0.717) is 13.1 Å². The van der Waals surface area contributed by atoms with Gasteiger partial charge in [-0.05, 0) is 33.2 Å². The van der Waals surface area contributed by atoms with Crippen LogP contribution in [0.1, 0.15) is 46.0 Å². The molecule has 0 aromatic heterocycles. The van der Waals surface area contributed by atoms with E-state index in [1.54, 1.807) is 0 Å². The van der Waals surface area contributed by atoms with Gasteiger partial charge in [0.1, 0.15) is 0 Å². The van der Waals surface area contributed by atoms with Crippen LogP contribution in [0.15, 0.2) is 0 Å². The molecule has 1 saturated carbocycles. The van der Waals surface area contributed by atoms with Crippen molar-refractivity contribution in [1.82, 2.24) is 10.2 Å². The lowest BCUT2D eigenvalue weighted by Crippen LogP contribution is -2.53. The van der Waals surface area contributed by atoms with E-state index < -0.39 is 0 Å². The van der Waals surface area contributed by atoms with Crippen molar-refractivity contribution in [3.05, 3.63) is 0 Å². The molecule has 0 radical (unpaired) electrons. The van der Waals surface area contributed by atoms with Crippen molar-refractivity contribution in [2.75, 3.05) is 20.1 Å². The van der Waals surface area contributed by atoms with Gasteiger partial charge in [-0.1, -0.05) is 19.8 Å². The molecule has 1 aliphatic carbocycles. The van der Waals surface area contributed by atoms with E-state index in [4.69, 9.17) is 5.73 Å². The largest absolute Gasteiger partial charge is 0.353 e. The molecule has 1 unspecified atom stereocenters. The first-order valence-corrected chi connectivity index (χ1v) is 6.75. The Balaban J connectivity index is 2.47. The van der Waals surface area contributed by atoms with Crippen LogP contribution in [0, 0.1) is 0 Å². The topological polar surface area (TPSA) is 58.4 Å². The Kier molecular flexibility index (Phi) is 5.40. The van der Waals surface area contributed by atoms with Crippen molar-refractivity contribution in [3.8, 4) is 0 Å². The van der Waals surface area contributed by atoms with E-state index >= 15 is 0 Å². The Morgan fingerprint density at radius 2 is 2.06 bits per heavy atom. The summed E-state index contributed by atoms with van der Waals surface area (Å²) >= 11 is 0. The van der Waals surface area contributed by atoms with E-state index in [9.17, 15) is 4.79 Å². The fourth-order valence-electron chi connectivity index (χ4n) is 2.58. The standard InChI is InChI=1S/C13H27N3O/c1-4-11(2)15-12(17)9-16(3)13(10-14)7-5-6-8-13/h11H,4-10,14H2,1-3H3,(H,15,17). The summed E-state index contributed by atoms with van der Waals surface area (Å²) in [5, 5.41) is 3.00. The number of nitrogens with one attached hydrogen (secondary N) is 1. The lowest BCUT2D eigenvalue weighted by atomic mass is 9.96. The molecule has 0 saturated heterocycles. The zero-order chi connectivity index (χ0) is 12.9. The van der Waals surface area contributed by atoms with Crippen LogP contribution in [0.4, 0.5) is 0 Å². The maximum atomic E-state index is 11.8. The van der Waals surface area contributed by atoms with Gasteiger partial charge in [0, 0.05) is 18.1 Å². The van der Waals surface area contributed by atoms with Crippen LogP contribution < -0.4 is 11.1 Å². The van der Waals surface area contributed by atoms with Crippen LogP contribution in [0.5, 0.6) is 0 Å². The second-order valence-corrected chi connectivity index (χ2v) is 5.37. The number of hydrogen-bond acceptors (Lipinski definition) is 3. The molecule has 0 aromatic carbocycles. The van der Waals surface area contributed by atoms with E-state index in [1.807, 2.05) is 14.0 Å². The van der Waals surface area contributed by atoms with Crippen molar-refractivity contribution in [2.45, 2.75) is 57.5 Å². The van der Waals surface area contributed by atoms with Crippen LogP contribution >= 0.6 is 0 Å². The molecule has 0 heterocycles. The second-order valence-electron chi connectivity index (χ2n) is 5.37. The fraction of sp³-hybridized carbons (Fsp3) is 0.923. The van der Waals surface area contributed by atoms with E-state index in [1.165, 1.54) is 12.8 Å². The molecular formula is C13H27N3O. The van der Waals surface area contributed by atoms with Gasteiger partial charge in [0.05, 0.1) is 6.54 Å². The number of carbonyl (C=O) groups is 1. The maximum absolute atomic E-state index is 11.8. The highest BCUT2D eigenvalue weighted by Gasteiger charge is 2.36. The van der Waals surface area contributed by atoms with Gasteiger partial charge in [-0.2, -0.15) is 0 Å². The Morgan fingerprint density at radius 3 is 2.53 bits per heavy atom. The minimum absolute atomic E-state index is 0.0623. The Hall–Kier alpha value is -0.610. The molecule has 0 spiro atoms. The smallest absolute Gasteiger partial charge is 0.234 e. The van der Waals surface area contributed by atoms with Crippen molar-refractivity contribution < 1.29 is 4.79 Å². The summed E-state index contributed by atoms with van der Waals surface area (Å²) in [6.07, 6.45) is 5.67. The molecule has 100 valence electrons. The molecule has 17 heavy (non-hydrogen) atoms. The van der Waals surface area contributed by atoms with Crippen LogP contribution in [0.2, 0.25) is 0 Å². The number of nitrogens with two attached hydrogens (primary N) is 1. The third-order valence-corrected chi connectivity index (χ3v) is 4.12. The highest BCUT2D eigenvalue weighted by Crippen LogP contribution is 2.33. The van der Waals surface area contributed by atoms with E-state index in [0.717, 1.165) is 19.3 Å². The lowest BCUT2D eigenvalue weighted by molar-refractivity contribution is -0.123. The number of carbonyl (C=O) groups excluding carboxylic acids is 1. The Labute approximate surface area is 105 Å². The van der Waals surface area contributed by atoms with Crippen molar-refractivity contribution in [3.63, 3.8) is 0 Å². The van der Waals surface area contributed by atoms with Gasteiger partial charge in [-0.3, -0.25) is 9.69 Å². The van der Waals surface area contributed by atoms with Crippen molar-refractivity contribution in [2.24, 2.45) is 5.73 Å². The second kappa shape index (κ2) is 6.36. The summed E-state index contributed by atoms with van der Waals surface area (Å²) in [6, 6.07) is 0.258. The average molecular weight is 241 g/mol. The number of nitrogens with zero attached hydrogens (tertiary/aromatic N) is 1. The molecule has 1 amide bonds. The van der Waals surface area contributed by atoms with Gasteiger partial charge in [-0.15, -0.1) is 0 Å². The Morgan fingerprint density at radius 1 is 1.47 bits per heavy atom. The molecule has 1 fully saturated rings. The quantitative estimate of drug-likeness (QED) is 0.732. The number of hydrogen-bond donors (Lipinski definition) is 2. The van der Waals surface area contributed by atoms with Gasteiger partial charge in [0.2, 0.25) is 5.91 Å². The molecule has 1 rings (SSSR count). The third kappa shape index (κ3) is 3.68. The normalized spacial score (nSPS) is 20.5. The summed E-state index contributed by atoms with van der Waals surface area (Å²) < 4.78 is 0. The molecule has 0 aromatic rings. The van der Waals surface area contributed by atoms with Gasteiger partial charge in [0.15, 0.2) is 0 Å². The molecule has 1 atom stereocenters. The minimum Gasteiger partial charge on any atom is -0.353 e. The van der Waals surface area contributed by atoms with Crippen LogP contribution in [0.3, 0.4) is 0 Å². The van der Waals surface area contributed by atoms with Gasteiger partial charge >= 0.3 is 0 Å². The minimum atomic E-state index is 0.0623. The lowest BCUT2D eigenvalue weighted by Gasteiger charge is -2.37. The molecule has 4 nitrogen and oxygen atoms in total. The maximum Gasteiger partial charge on any atom is 0.234 e. The first kappa shape index (κ1) is 14.5. The zero-order valence-electron chi connectivity index (χ0n) is 11.5. The van der Waals surface area contributed by atoms with Gasteiger partial charge in [0.25, 0.3) is 0 Å². The average Bonchev–Trinajstić information content (AvgIpc) is 2.78. The van der Waals surface area contributed by atoms with Crippen LogP contribution in [-0.4, -0.2) is 42.5 Å². The molecule has 4 heteroatoms. The molecule has 1 aliphatic rings. The summed E-state index contributed by atoms with van der Waals surface area (Å²) in [5.41, 5.74) is 5.96. The van der Waals surface area contributed by atoms with Gasteiger partial charge < -0.3 is 11.1 Å². The molecule has 0 aliphatic heterocycles. The van der Waals surface area contributed by atoms with E-state index in [-0.39, 0.29) is 17.5 Å². The van der Waals surface area contributed by atoms with Crippen LogP contribution in [-0.2, 0) is 4.79 Å². The predicted molar refractivity (Wildman–Crippen MR) is 70.8 cm³/mol. The highest BCUT2D eigenvalue weighted by atomic mass is 16.2. The molecule has 0 bridgehead atoms. The Bertz CT molecular complexity index is 249. The first-order chi connectivity index (χ1) is 8.04. The highest BCUT2D eigenvalue weighted by molar-refractivity contribution is 5.78. The van der Waals surface area contributed by atoms with Crippen molar-refractivity contribution >= 4 is 5.91 Å². The molecular weight excluding hydrogens is 214 g/mol. The zero-order valence-corrected chi connectivity index (χ0v) is 11.5. The summed E-state index contributed by atoms with van der Waals surface area (Å²) in [6.45, 7) is 5.22. The number of amides is 1. The SMILES string of the molecule is CCC(C)NC(=O)CN(C)C1(CN)CCCC1. The number of likely N-dealkylation sites (N-methyl/N-ethyl adjacent to an activating group) is 1. The number of rotatable bonds is 6. The first-order valence-electron chi connectivity index (χ1n) is 6.75. The summed E-state index contributed by atoms with van der Waals surface area (Å²) in [4.78, 5) is 14.0.